The summed E-state index contributed by atoms with van der Waals surface area (Å²) in [5.41, 5.74) is 5.99. The average molecular weight is 312 g/mol. The SMILES string of the molecule is NCC1(CC(=O)NCCCOCC2CCOC2)CCCCC1. The maximum Gasteiger partial charge on any atom is 0.220 e. The predicted molar refractivity (Wildman–Crippen MR) is 86.6 cm³/mol. The van der Waals surface area contributed by atoms with Crippen molar-refractivity contribution in [1.82, 2.24) is 5.32 Å². The van der Waals surface area contributed by atoms with Crippen LogP contribution in [0.4, 0.5) is 0 Å². The summed E-state index contributed by atoms with van der Waals surface area (Å²) < 4.78 is 11.0. The molecule has 1 saturated carbocycles. The lowest BCUT2D eigenvalue weighted by Crippen LogP contribution is -2.39. The zero-order valence-corrected chi connectivity index (χ0v) is 13.8. The summed E-state index contributed by atoms with van der Waals surface area (Å²) in [6, 6.07) is 0. The summed E-state index contributed by atoms with van der Waals surface area (Å²) in [5.74, 6) is 0.710. The molecule has 2 rings (SSSR count). The van der Waals surface area contributed by atoms with Gasteiger partial charge in [-0.1, -0.05) is 19.3 Å². The molecule has 1 aliphatic heterocycles. The second-order valence-corrected chi connectivity index (χ2v) is 6.95. The summed E-state index contributed by atoms with van der Waals surface area (Å²) in [6.45, 7) is 4.52. The topological polar surface area (TPSA) is 73.6 Å². The van der Waals surface area contributed by atoms with E-state index in [1.165, 1.54) is 19.3 Å². The van der Waals surface area contributed by atoms with E-state index >= 15 is 0 Å². The minimum atomic E-state index is 0.0569. The van der Waals surface area contributed by atoms with Gasteiger partial charge in [0.1, 0.15) is 0 Å². The van der Waals surface area contributed by atoms with E-state index in [0.717, 1.165) is 45.5 Å². The molecule has 5 heteroatoms. The van der Waals surface area contributed by atoms with E-state index in [1.54, 1.807) is 0 Å². The Bertz CT molecular complexity index is 324. The molecule has 1 aliphatic carbocycles. The van der Waals surface area contributed by atoms with Gasteiger partial charge < -0.3 is 20.5 Å². The monoisotopic (exact) mass is 312 g/mol. The van der Waals surface area contributed by atoms with Gasteiger partial charge in [-0.25, -0.2) is 0 Å². The molecule has 128 valence electrons. The lowest BCUT2D eigenvalue weighted by atomic mass is 9.71. The molecule has 0 aromatic heterocycles. The largest absolute Gasteiger partial charge is 0.381 e. The van der Waals surface area contributed by atoms with E-state index in [0.29, 0.717) is 32.0 Å². The molecule has 22 heavy (non-hydrogen) atoms. The molecule has 0 aromatic carbocycles. The molecule has 1 heterocycles. The standard InChI is InChI=1S/C17H32N2O3/c18-14-17(6-2-1-3-7-17)11-16(20)19-8-4-9-21-12-15-5-10-22-13-15/h15H,1-14,18H2,(H,19,20). The first-order valence-electron chi connectivity index (χ1n) is 8.86. The molecular weight excluding hydrogens is 280 g/mol. The van der Waals surface area contributed by atoms with Crippen LogP contribution in [0.15, 0.2) is 0 Å². The molecule has 2 aliphatic rings. The van der Waals surface area contributed by atoms with Gasteiger partial charge in [0, 0.05) is 32.1 Å². The Morgan fingerprint density at radius 1 is 1.32 bits per heavy atom. The summed E-state index contributed by atoms with van der Waals surface area (Å²) in [7, 11) is 0. The van der Waals surface area contributed by atoms with E-state index in [-0.39, 0.29) is 11.3 Å². The van der Waals surface area contributed by atoms with Crippen molar-refractivity contribution in [2.75, 3.05) is 39.5 Å². The highest BCUT2D eigenvalue weighted by Crippen LogP contribution is 2.38. The van der Waals surface area contributed by atoms with Gasteiger partial charge in [0.15, 0.2) is 0 Å². The third kappa shape index (κ3) is 5.86. The fourth-order valence-electron chi connectivity index (χ4n) is 3.52. The molecule has 3 N–H and O–H groups in total. The highest BCUT2D eigenvalue weighted by atomic mass is 16.5. The highest BCUT2D eigenvalue weighted by Gasteiger charge is 2.32. The van der Waals surface area contributed by atoms with E-state index in [4.69, 9.17) is 15.2 Å². The molecule has 1 unspecified atom stereocenters. The van der Waals surface area contributed by atoms with E-state index < -0.39 is 0 Å². The quantitative estimate of drug-likeness (QED) is 0.637. The summed E-state index contributed by atoms with van der Waals surface area (Å²) in [6.07, 6.45) is 8.47. The number of carbonyl (C=O) groups excluding carboxylic acids is 1. The molecule has 1 amide bonds. The average Bonchev–Trinajstić information content (AvgIpc) is 3.05. The fraction of sp³-hybridized carbons (Fsp3) is 0.941. The molecule has 0 spiro atoms. The first-order chi connectivity index (χ1) is 10.7. The van der Waals surface area contributed by atoms with Crippen LogP contribution in [0.1, 0.15) is 51.4 Å². The molecule has 2 fully saturated rings. The van der Waals surface area contributed by atoms with Crippen molar-refractivity contribution >= 4 is 5.91 Å². The van der Waals surface area contributed by atoms with Crippen LogP contribution in [0.5, 0.6) is 0 Å². The lowest BCUT2D eigenvalue weighted by molar-refractivity contribution is -0.123. The Morgan fingerprint density at radius 2 is 2.14 bits per heavy atom. The fourth-order valence-corrected chi connectivity index (χ4v) is 3.52. The Labute approximate surface area is 134 Å². The van der Waals surface area contributed by atoms with Gasteiger partial charge in [-0.15, -0.1) is 0 Å². The maximum absolute atomic E-state index is 12.1. The second kappa shape index (κ2) is 9.48. The number of nitrogens with one attached hydrogen (secondary N) is 1. The van der Waals surface area contributed by atoms with Crippen molar-refractivity contribution in [1.29, 1.82) is 0 Å². The molecule has 0 aromatic rings. The maximum atomic E-state index is 12.1. The molecular formula is C17H32N2O3. The normalized spacial score (nSPS) is 24.3. The summed E-state index contributed by atoms with van der Waals surface area (Å²) in [5, 5.41) is 3.02. The second-order valence-electron chi connectivity index (χ2n) is 6.95. The van der Waals surface area contributed by atoms with Crippen molar-refractivity contribution < 1.29 is 14.3 Å². The van der Waals surface area contributed by atoms with Crippen LogP contribution >= 0.6 is 0 Å². The predicted octanol–water partition coefficient (Wildman–Crippen LogP) is 1.85. The van der Waals surface area contributed by atoms with Gasteiger partial charge in [-0.3, -0.25) is 4.79 Å². The van der Waals surface area contributed by atoms with E-state index in [2.05, 4.69) is 5.32 Å². The van der Waals surface area contributed by atoms with Gasteiger partial charge in [0.05, 0.1) is 13.2 Å². The number of rotatable bonds is 9. The molecule has 1 atom stereocenters. The Kier molecular flexibility index (Phi) is 7.63. The number of carbonyl (C=O) groups is 1. The minimum absolute atomic E-state index is 0.0569. The summed E-state index contributed by atoms with van der Waals surface area (Å²) >= 11 is 0. The summed E-state index contributed by atoms with van der Waals surface area (Å²) in [4.78, 5) is 12.1. The van der Waals surface area contributed by atoms with Crippen LogP contribution in [0, 0.1) is 11.3 Å². The van der Waals surface area contributed by atoms with Crippen LogP contribution in [-0.4, -0.2) is 45.4 Å². The first kappa shape index (κ1) is 17.7. The third-order valence-electron chi connectivity index (χ3n) is 5.05. The first-order valence-corrected chi connectivity index (χ1v) is 8.86. The third-order valence-corrected chi connectivity index (χ3v) is 5.05. The van der Waals surface area contributed by atoms with E-state index in [1.807, 2.05) is 0 Å². The van der Waals surface area contributed by atoms with Crippen molar-refractivity contribution in [2.45, 2.75) is 51.4 Å². The van der Waals surface area contributed by atoms with Crippen molar-refractivity contribution in [3.8, 4) is 0 Å². The van der Waals surface area contributed by atoms with Crippen LogP contribution in [-0.2, 0) is 14.3 Å². The number of nitrogens with two attached hydrogens (primary N) is 1. The highest BCUT2D eigenvalue weighted by molar-refractivity contribution is 5.76. The Morgan fingerprint density at radius 3 is 2.82 bits per heavy atom. The molecule has 1 saturated heterocycles. The van der Waals surface area contributed by atoms with E-state index in [9.17, 15) is 4.79 Å². The smallest absolute Gasteiger partial charge is 0.220 e. The van der Waals surface area contributed by atoms with Crippen molar-refractivity contribution in [3.05, 3.63) is 0 Å². The van der Waals surface area contributed by atoms with Gasteiger partial charge in [0.25, 0.3) is 0 Å². The van der Waals surface area contributed by atoms with Crippen LogP contribution < -0.4 is 11.1 Å². The lowest BCUT2D eigenvalue weighted by Gasteiger charge is -2.35. The number of ether oxygens (including phenoxy) is 2. The van der Waals surface area contributed by atoms with Gasteiger partial charge in [0.2, 0.25) is 5.91 Å². The molecule has 0 bridgehead atoms. The van der Waals surface area contributed by atoms with Crippen LogP contribution in [0.25, 0.3) is 0 Å². The molecule has 0 radical (unpaired) electrons. The number of hydrogen-bond acceptors (Lipinski definition) is 4. The van der Waals surface area contributed by atoms with Crippen LogP contribution in [0.2, 0.25) is 0 Å². The molecule has 5 nitrogen and oxygen atoms in total. The number of amides is 1. The van der Waals surface area contributed by atoms with Gasteiger partial charge >= 0.3 is 0 Å². The minimum Gasteiger partial charge on any atom is -0.381 e. The zero-order chi connectivity index (χ0) is 15.7. The van der Waals surface area contributed by atoms with Crippen molar-refractivity contribution in [2.24, 2.45) is 17.1 Å². The van der Waals surface area contributed by atoms with Crippen molar-refractivity contribution in [3.63, 3.8) is 0 Å². The Hall–Kier alpha value is -0.650. The Balaban J connectivity index is 1.51. The van der Waals surface area contributed by atoms with Gasteiger partial charge in [-0.05, 0) is 37.6 Å². The number of hydrogen-bond donors (Lipinski definition) is 2. The van der Waals surface area contributed by atoms with Crippen LogP contribution in [0.3, 0.4) is 0 Å². The van der Waals surface area contributed by atoms with Gasteiger partial charge in [-0.2, -0.15) is 0 Å². The zero-order valence-electron chi connectivity index (χ0n) is 13.8.